The fourth-order valence-corrected chi connectivity index (χ4v) is 2.56. The molecule has 1 aromatic rings. The van der Waals surface area contributed by atoms with Crippen LogP contribution in [0.2, 0.25) is 0 Å². The van der Waals surface area contributed by atoms with Crippen LogP contribution in [-0.2, 0) is 18.2 Å². The number of hydrogen-bond donors (Lipinski definition) is 1. The van der Waals surface area contributed by atoms with E-state index in [4.69, 9.17) is 4.74 Å². The van der Waals surface area contributed by atoms with Crippen LogP contribution in [0.25, 0.3) is 0 Å². The molecule has 18 heavy (non-hydrogen) atoms. The lowest BCUT2D eigenvalue weighted by Crippen LogP contribution is -2.45. The van der Waals surface area contributed by atoms with Crippen molar-refractivity contribution in [3.05, 3.63) is 17.5 Å². The van der Waals surface area contributed by atoms with E-state index in [0.29, 0.717) is 12.0 Å². The molecule has 102 valence electrons. The Morgan fingerprint density at radius 3 is 2.72 bits per heavy atom. The lowest BCUT2D eigenvalue weighted by atomic mass is 9.86. The number of aryl methyl sites for hydroxylation is 1. The first-order chi connectivity index (χ1) is 8.56. The Morgan fingerprint density at radius 1 is 1.50 bits per heavy atom. The van der Waals surface area contributed by atoms with E-state index in [2.05, 4.69) is 10.4 Å². The van der Waals surface area contributed by atoms with Gasteiger partial charge in [0.1, 0.15) is 5.69 Å². The van der Waals surface area contributed by atoms with Gasteiger partial charge < -0.3 is 10.1 Å². The Morgan fingerprint density at radius 2 is 2.17 bits per heavy atom. The van der Waals surface area contributed by atoms with E-state index in [1.807, 2.05) is 0 Å². The number of alkyl halides is 2. The van der Waals surface area contributed by atoms with E-state index in [0.717, 1.165) is 25.9 Å². The SMILES string of the molecule is COC1(Cc2cn(C)nc2C(F)F)CCNCC1. The molecule has 0 saturated carbocycles. The number of methoxy groups -OCH3 is 1. The molecule has 0 radical (unpaired) electrons. The van der Waals surface area contributed by atoms with Crippen LogP contribution in [0.4, 0.5) is 8.78 Å². The van der Waals surface area contributed by atoms with Gasteiger partial charge in [0.2, 0.25) is 0 Å². The molecule has 0 amide bonds. The van der Waals surface area contributed by atoms with Gasteiger partial charge in [-0.2, -0.15) is 5.10 Å². The number of hydrogen-bond acceptors (Lipinski definition) is 3. The first-order valence-corrected chi connectivity index (χ1v) is 6.13. The third-order valence-corrected chi connectivity index (χ3v) is 3.60. The van der Waals surface area contributed by atoms with Crippen molar-refractivity contribution < 1.29 is 13.5 Å². The predicted molar refractivity (Wildman–Crippen MR) is 63.7 cm³/mol. The van der Waals surface area contributed by atoms with Crippen molar-refractivity contribution in [2.45, 2.75) is 31.3 Å². The monoisotopic (exact) mass is 259 g/mol. The summed E-state index contributed by atoms with van der Waals surface area (Å²) in [5.74, 6) is 0. The first kappa shape index (κ1) is 13.4. The second-order valence-electron chi connectivity index (χ2n) is 4.83. The fraction of sp³-hybridized carbons (Fsp3) is 0.750. The maximum atomic E-state index is 12.9. The van der Waals surface area contributed by atoms with Crippen molar-refractivity contribution in [1.82, 2.24) is 15.1 Å². The molecule has 2 rings (SSSR count). The number of piperidine rings is 1. The molecule has 0 aromatic carbocycles. The van der Waals surface area contributed by atoms with Crippen LogP contribution in [0.3, 0.4) is 0 Å². The third kappa shape index (κ3) is 2.70. The van der Waals surface area contributed by atoms with Crippen LogP contribution in [0, 0.1) is 0 Å². The summed E-state index contributed by atoms with van der Waals surface area (Å²) in [4.78, 5) is 0. The second-order valence-corrected chi connectivity index (χ2v) is 4.83. The van der Waals surface area contributed by atoms with Crippen molar-refractivity contribution in [1.29, 1.82) is 0 Å². The van der Waals surface area contributed by atoms with E-state index < -0.39 is 6.43 Å². The van der Waals surface area contributed by atoms with Crippen molar-refractivity contribution in [2.75, 3.05) is 20.2 Å². The summed E-state index contributed by atoms with van der Waals surface area (Å²) in [7, 11) is 3.32. The van der Waals surface area contributed by atoms with Gasteiger partial charge in [0.15, 0.2) is 0 Å². The normalized spacial score (nSPS) is 19.4. The summed E-state index contributed by atoms with van der Waals surface area (Å²) >= 11 is 0. The summed E-state index contributed by atoms with van der Waals surface area (Å²) in [6.07, 6.45) is 1.31. The molecule has 0 spiro atoms. The lowest BCUT2D eigenvalue weighted by molar-refractivity contribution is -0.0338. The smallest absolute Gasteiger partial charge is 0.282 e. The number of aromatic nitrogens is 2. The van der Waals surface area contributed by atoms with Crippen molar-refractivity contribution in [3.63, 3.8) is 0 Å². The Labute approximate surface area is 105 Å². The standard InChI is InChI=1S/C12H19F2N3O/c1-17-8-9(10(16-17)11(13)14)7-12(18-2)3-5-15-6-4-12/h8,11,15H,3-7H2,1-2H3. The number of nitrogens with one attached hydrogen (secondary N) is 1. The molecule has 1 aliphatic rings. The van der Waals surface area contributed by atoms with Gasteiger partial charge in [-0.05, 0) is 25.9 Å². The maximum absolute atomic E-state index is 12.9. The molecule has 0 unspecified atom stereocenters. The average Bonchev–Trinajstić information content (AvgIpc) is 2.71. The Kier molecular flexibility index (Phi) is 3.97. The molecule has 0 aliphatic carbocycles. The minimum absolute atomic E-state index is 0.118. The molecule has 0 atom stereocenters. The van der Waals surface area contributed by atoms with Gasteiger partial charge in [-0.25, -0.2) is 8.78 Å². The minimum Gasteiger partial charge on any atom is -0.378 e. The van der Waals surface area contributed by atoms with E-state index in [9.17, 15) is 8.78 Å². The fourth-order valence-electron chi connectivity index (χ4n) is 2.56. The summed E-state index contributed by atoms with van der Waals surface area (Å²) in [5.41, 5.74) is 0.140. The first-order valence-electron chi connectivity index (χ1n) is 6.13. The highest BCUT2D eigenvalue weighted by Crippen LogP contribution is 2.30. The van der Waals surface area contributed by atoms with Crippen LogP contribution < -0.4 is 5.32 Å². The summed E-state index contributed by atoms with van der Waals surface area (Å²) < 4.78 is 32.8. The Bertz CT molecular complexity index is 400. The predicted octanol–water partition coefficient (Wildman–Crippen LogP) is 1.67. The highest BCUT2D eigenvalue weighted by Gasteiger charge is 2.34. The molecular formula is C12H19F2N3O. The van der Waals surface area contributed by atoms with Crippen LogP contribution in [0.1, 0.15) is 30.5 Å². The number of rotatable bonds is 4. The quantitative estimate of drug-likeness (QED) is 0.894. The Hall–Kier alpha value is -1.01. The maximum Gasteiger partial charge on any atom is 0.282 e. The van der Waals surface area contributed by atoms with Crippen molar-refractivity contribution in [3.8, 4) is 0 Å². The summed E-state index contributed by atoms with van der Waals surface area (Å²) in [6, 6.07) is 0. The molecular weight excluding hydrogens is 240 g/mol. The molecule has 1 aromatic heterocycles. The molecule has 1 N–H and O–H groups in total. The molecule has 6 heteroatoms. The summed E-state index contributed by atoms with van der Waals surface area (Å²) in [5, 5.41) is 7.09. The van der Waals surface area contributed by atoms with E-state index in [1.54, 1.807) is 20.4 Å². The topological polar surface area (TPSA) is 39.1 Å². The van der Waals surface area contributed by atoms with Gasteiger partial charge in [-0.15, -0.1) is 0 Å². The van der Waals surface area contributed by atoms with Gasteiger partial charge in [-0.1, -0.05) is 0 Å². The van der Waals surface area contributed by atoms with Crippen LogP contribution in [0.5, 0.6) is 0 Å². The van der Waals surface area contributed by atoms with Gasteiger partial charge in [0.05, 0.1) is 5.60 Å². The number of halogens is 2. The zero-order chi connectivity index (χ0) is 13.2. The van der Waals surface area contributed by atoms with Crippen LogP contribution >= 0.6 is 0 Å². The second kappa shape index (κ2) is 5.32. The highest BCUT2D eigenvalue weighted by atomic mass is 19.3. The lowest BCUT2D eigenvalue weighted by Gasteiger charge is -2.36. The van der Waals surface area contributed by atoms with Crippen LogP contribution in [-0.4, -0.2) is 35.6 Å². The van der Waals surface area contributed by atoms with E-state index in [-0.39, 0.29) is 11.3 Å². The van der Waals surface area contributed by atoms with Gasteiger partial charge in [0.25, 0.3) is 6.43 Å². The highest BCUT2D eigenvalue weighted by molar-refractivity contribution is 5.21. The van der Waals surface area contributed by atoms with Gasteiger partial charge in [0, 0.05) is 32.3 Å². The summed E-state index contributed by atoms with van der Waals surface area (Å²) in [6.45, 7) is 1.72. The number of ether oxygens (including phenoxy) is 1. The third-order valence-electron chi connectivity index (χ3n) is 3.60. The molecule has 0 bridgehead atoms. The molecule has 1 fully saturated rings. The van der Waals surface area contributed by atoms with Gasteiger partial charge >= 0.3 is 0 Å². The Balaban J connectivity index is 2.21. The average molecular weight is 259 g/mol. The molecule has 1 aliphatic heterocycles. The zero-order valence-electron chi connectivity index (χ0n) is 10.7. The zero-order valence-corrected chi connectivity index (χ0v) is 10.7. The van der Waals surface area contributed by atoms with Crippen molar-refractivity contribution in [2.24, 2.45) is 7.05 Å². The van der Waals surface area contributed by atoms with Gasteiger partial charge in [-0.3, -0.25) is 4.68 Å². The van der Waals surface area contributed by atoms with E-state index in [1.165, 1.54) is 4.68 Å². The molecule has 2 heterocycles. The van der Waals surface area contributed by atoms with E-state index >= 15 is 0 Å². The van der Waals surface area contributed by atoms with Crippen molar-refractivity contribution >= 4 is 0 Å². The van der Waals surface area contributed by atoms with Crippen LogP contribution in [0.15, 0.2) is 6.20 Å². The minimum atomic E-state index is -2.53. The largest absolute Gasteiger partial charge is 0.378 e. The molecule has 4 nitrogen and oxygen atoms in total. The molecule has 1 saturated heterocycles. The number of nitrogens with zero attached hydrogens (tertiary/aromatic N) is 2.